The average molecular weight is 405 g/mol. The van der Waals surface area contributed by atoms with Gasteiger partial charge in [-0.25, -0.2) is 4.39 Å². The van der Waals surface area contributed by atoms with Gasteiger partial charge in [0, 0.05) is 30.2 Å². The fourth-order valence-electron chi connectivity index (χ4n) is 2.65. The lowest BCUT2D eigenvalue weighted by atomic mass is 10.1. The third kappa shape index (κ3) is 5.01. The second kappa shape index (κ2) is 8.17. The number of aromatic amines is 1. The summed E-state index contributed by atoms with van der Waals surface area (Å²) in [5.74, 6) is -2.09. The van der Waals surface area contributed by atoms with Crippen LogP contribution in [0.4, 0.5) is 28.9 Å². The van der Waals surface area contributed by atoms with Crippen molar-refractivity contribution in [2.24, 2.45) is 0 Å². The van der Waals surface area contributed by atoms with Gasteiger partial charge in [0.1, 0.15) is 5.82 Å². The molecule has 0 aliphatic heterocycles. The first-order valence-electron chi connectivity index (χ1n) is 8.42. The fourth-order valence-corrected chi connectivity index (χ4v) is 2.65. The molecule has 0 fully saturated rings. The minimum Gasteiger partial charge on any atom is -0.380 e. The summed E-state index contributed by atoms with van der Waals surface area (Å²) in [6.07, 6.45) is -3.39. The molecule has 2 aromatic carbocycles. The second-order valence-electron chi connectivity index (χ2n) is 6.11. The van der Waals surface area contributed by atoms with Crippen molar-refractivity contribution >= 4 is 17.3 Å². The van der Waals surface area contributed by atoms with E-state index in [4.69, 9.17) is 0 Å². The topological polar surface area (TPSA) is 74.0 Å². The van der Waals surface area contributed by atoms with Crippen molar-refractivity contribution in [3.8, 4) is 0 Å². The van der Waals surface area contributed by atoms with E-state index in [0.29, 0.717) is 23.4 Å². The molecule has 5 nitrogen and oxygen atoms in total. The van der Waals surface area contributed by atoms with Gasteiger partial charge in [-0.3, -0.25) is 9.59 Å². The minimum absolute atomic E-state index is 0.176. The van der Waals surface area contributed by atoms with Crippen LogP contribution in [-0.4, -0.2) is 10.9 Å². The number of nitrogens with one attached hydrogen (secondary N) is 3. The molecule has 3 rings (SSSR count). The van der Waals surface area contributed by atoms with E-state index >= 15 is 0 Å². The molecule has 1 amide bonds. The molecule has 0 spiro atoms. The molecule has 29 heavy (non-hydrogen) atoms. The van der Waals surface area contributed by atoms with Crippen molar-refractivity contribution in [1.82, 2.24) is 4.98 Å². The first kappa shape index (κ1) is 20.1. The lowest BCUT2D eigenvalue weighted by Gasteiger charge is -2.14. The molecule has 0 atom stereocenters. The Hall–Kier alpha value is -3.62. The number of benzene rings is 2. The molecule has 3 N–H and O–H groups in total. The maximum absolute atomic E-state index is 13.4. The maximum atomic E-state index is 13.4. The van der Waals surface area contributed by atoms with Gasteiger partial charge in [0.25, 0.3) is 5.91 Å². The summed E-state index contributed by atoms with van der Waals surface area (Å²) in [4.78, 5) is 26.4. The SMILES string of the molecule is O=C(Nc1ccc(F)c(C(F)(F)F)c1)c1ccccc1NCc1cc[nH]c(=O)c1. The standard InChI is InChI=1S/C20H15F4N3O2/c21-16-6-5-13(10-15(16)20(22,23)24)27-19(29)14-3-1-2-4-17(14)26-11-12-7-8-25-18(28)9-12/h1-10,26H,11H2,(H,25,28)(H,27,29). The summed E-state index contributed by atoms with van der Waals surface area (Å²) in [6, 6.07) is 11.7. The first-order chi connectivity index (χ1) is 13.7. The summed E-state index contributed by atoms with van der Waals surface area (Å²) in [5.41, 5.74) is -0.646. The van der Waals surface area contributed by atoms with Crippen LogP contribution >= 0.6 is 0 Å². The number of pyridine rings is 1. The monoisotopic (exact) mass is 405 g/mol. The van der Waals surface area contributed by atoms with E-state index in [0.717, 1.165) is 6.07 Å². The van der Waals surface area contributed by atoms with E-state index in [-0.39, 0.29) is 23.4 Å². The van der Waals surface area contributed by atoms with Crippen LogP contribution in [0.2, 0.25) is 0 Å². The van der Waals surface area contributed by atoms with Gasteiger partial charge in [-0.05, 0) is 42.0 Å². The third-order valence-electron chi connectivity index (χ3n) is 4.02. The van der Waals surface area contributed by atoms with Gasteiger partial charge in [-0.2, -0.15) is 13.2 Å². The van der Waals surface area contributed by atoms with Gasteiger partial charge in [-0.15, -0.1) is 0 Å². The van der Waals surface area contributed by atoms with Crippen LogP contribution < -0.4 is 16.2 Å². The van der Waals surface area contributed by atoms with Crippen molar-refractivity contribution in [2.75, 3.05) is 10.6 Å². The minimum atomic E-state index is -4.88. The zero-order valence-electron chi connectivity index (χ0n) is 14.8. The summed E-state index contributed by atoms with van der Waals surface area (Å²) >= 11 is 0. The van der Waals surface area contributed by atoms with Gasteiger partial charge in [0.05, 0.1) is 11.1 Å². The van der Waals surface area contributed by atoms with E-state index < -0.39 is 23.5 Å². The smallest absolute Gasteiger partial charge is 0.380 e. The van der Waals surface area contributed by atoms with Crippen LogP contribution in [0.25, 0.3) is 0 Å². The summed E-state index contributed by atoms with van der Waals surface area (Å²) in [7, 11) is 0. The van der Waals surface area contributed by atoms with Crippen LogP contribution in [0, 0.1) is 5.82 Å². The molecular weight excluding hydrogens is 390 g/mol. The highest BCUT2D eigenvalue weighted by Gasteiger charge is 2.34. The Morgan fingerprint density at radius 2 is 1.79 bits per heavy atom. The van der Waals surface area contributed by atoms with Gasteiger partial charge in [0.15, 0.2) is 0 Å². The molecule has 1 aromatic heterocycles. The Bertz CT molecular complexity index is 1090. The highest BCUT2D eigenvalue weighted by molar-refractivity contribution is 6.08. The molecule has 0 unspecified atom stereocenters. The number of carbonyl (C=O) groups excluding carboxylic acids is 1. The molecule has 0 aliphatic carbocycles. The Morgan fingerprint density at radius 3 is 2.52 bits per heavy atom. The summed E-state index contributed by atoms with van der Waals surface area (Å²) < 4.78 is 52.0. The molecule has 9 heteroatoms. The molecular formula is C20H15F4N3O2. The van der Waals surface area contributed by atoms with E-state index in [2.05, 4.69) is 15.6 Å². The molecule has 150 valence electrons. The van der Waals surface area contributed by atoms with Crippen molar-refractivity contribution in [3.05, 3.63) is 93.7 Å². The normalized spacial score (nSPS) is 11.2. The number of hydrogen-bond donors (Lipinski definition) is 3. The number of carbonyl (C=O) groups is 1. The number of halogens is 4. The number of anilines is 2. The molecule has 1 heterocycles. The maximum Gasteiger partial charge on any atom is 0.419 e. The molecule has 0 radical (unpaired) electrons. The van der Waals surface area contributed by atoms with Crippen LogP contribution in [0.5, 0.6) is 0 Å². The van der Waals surface area contributed by atoms with Crippen LogP contribution in [-0.2, 0) is 12.7 Å². The number of rotatable bonds is 5. The summed E-state index contributed by atoms with van der Waals surface area (Å²) in [6.45, 7) is 0.253. The molecule has 0 aliphatic rings. The molecule has 0 saturated carbocycles. The van der Waals surface area contributed by atoms with E-state index in [1.54, 1.807) is 24.3 Å². The predicted octanol–water partition coefficient (Wildman–Crippen LogP) is 4.40. The van der Waals surface area contributed by atoms with Crippen molar-refractivity contribution in [1.29, 1.82) is 0 Å². The van der Waals surface area contributed by atoms with Crippen molar-refractivity contribution in [2.45, 2.75) is 12.7 Å². The van der Waals surface area contributed by atoms with E-state index in [9.17, 15) is 27.2 Å². The quantitative estimate of drug-likeness (QED) is 0.551. The number of H-pyrrole nitrogens is 1. The van der Waals surface area contributed by atoms with Crippen LogP contribution in [0.15, 0.2) is 65.6 Å². The van der Waals surface area contributed by atoms with Gasteiger partial charge in [0.2, 0.25) is 5.56 Å². The average Bonchev–Trinajstić information content (AvgIpc) is 2.67. The highest BCUT2D eigenvalue weighted by atomic mass is 19.4. The Balaban J connectivity index is 1.79. The van der Waals surface area contributed by atoms with E-state index in [1.807, 2.05) is 0 Å². The number of aromatic nitrogens is 1. The van der Waals surface area contributed by atoms with Gasteiger partial charge >= 0.3 is 6.18 Å². The largest absolute Gasteiger partial charge is 0.419 e. The summed E-state index contributed by atoms with van der Waals surface area (Å²) in [5, 5.41) is 5.36. The van der Waals surface area contributed by atoms with Crippen LogP contribution in [0.3, 0.4) is 0 Å². The Morgan fingerprint density at radius 1 is 1.03 bits per heavy atom. The number of hydrogen-bond acceptors (Lipinski definition) is 3. The van der Waals surface area contributed by atoms with Crippen molar-refractivity contribution in [3.63, 3.8) is 0 Å². The number of amides is 1. The van der Waals surface area contributed by atoms with Gasteiger partial charge < -0.3 is 15.6 Å². The second-order valence-corrected chi connectivity index (χ2v) is 6.11. The highest BCUT2D eigenvalue weighted by Crippen LogP contribution is 2.33. The molecule has 0 bridgehead atoms. The molecule has 3 aromatic rings. The lowest BCUT2D eigenvalue weighted by molar-refractivity contribution is -0.139. The van der Waals surface area contributed by atoms with Gasteiger partial charge in [-0.1, -0.05) is 12.1 Å². The zero-order valence-corrected chi connectivity index (χ0v) is 14.8. The van der Waals surface area contributed by atoms with Crippen molar-refractivity contribution < 1.29 is 22.4 Å². The Kier molecular flexibility index (Phi) is 5.67. The first-order valence-corrected chi connectivity index (χ1v) is 8.42. The van der Waals surface area contributed by atoms with E-state index in [1.165, 1.54) is 18.3 Å². The zero-order chi connectivity index (χ0) is 21.0. The lowest BCUT2D eigenvalue weighted by Crippen LogP contribution is -2.16. The third-order valence-corrected chi connectivity index (χ3v) is 4.02. The Labute approximate surface area is 162 Å². The fraction of sp³-hybridized carbons (Fsp3) is 0.100. The number of para-hydroxylation sites is 1. The predicted molar refractivity (Wildman–Crippen MR) is 100 cm³/mol. The molecule has 0 saturated heterocycles. The van der Waals surface area contributed by atoms with Crippen LogP contribution in [0.1, 0.15) is 21.5 Å². The number of alkyl halides is 3.